The van der Waals surface area contributed by atoms with Gasteiger partial charge in [-0.15, -0.1) is 0 Å². The number of piperidine rings is 1. The van der Waals surface area contributed by atoms with E-state index in [-0.39, 0.29) is 0 Å². The van der Waals surface area contributed by atoms with Gasteiger partial charge in [0.1, 0.15) is 0 Å². The minimum Gasteiger partial charge on any atom is -0.313 e. The van der Waals surface area contributed by atoms with Gasteiger partial charge in [-0.05, 0) is 19.4 Å². The van der Waals surface area contributed by atoms with Crippen LogP contribution in [-0.4, -0.2) is 69.2 Å². The van der Waals surface area contributed by atoms with E-state index in [1.165, 1.54) is 25.5 Å². The zero-order valence-corrected chi connectivity index (χ0v) is 11.4. The number of hydrogen-bond acceptors (Lipinski definition) is 4. The predicted molar refractivity (Wildman–Crippen MR) is 68.5 cm³/mol. The van der Waals surface area contributed by atoms with Gasteiger partial charge in [-0.1, -0.05) is 6.42 Å². The minimum absolute atomic E-state index is 0.605. The van der Waals surface area contributed by atoms with Crippen molar-refractivity contribution in [2.45, 2.75) is 25.3 Å². The van der Waals surface area contributed by atoms with Gasteiger partial charge >= 0.3 is 0 Å². The molecule has 2 aliphatic heterocycles. The second-order valence-corrected chi connectivity index (χ2v) is 7.09. The van der Waals surface area contributed by atoms with Crippen LogP contribution in [0.2, 0.25) is 0 Å². The second-order valence-electron chi connectivity index (χ2n) is 5.11. The lowest BCUT2D eigenvalue weighted by molar-refractivity contribution is 0.164. The van der Waals surface area contributed by atoms with Crippen LogP contribution in [0, 0.1) is 0 Å². The summed E-state index contributed by atoms with van der Waals surface area (Å²) in [4.78, 5) is 2.38. The van der Waals surface area contributed by atoms with E-state index in [4.69, 9.17) is 0 Å². The highest BCUT2D eigenvalue weighted by molar-refractivity contribution is 7.88. The van der Waals surface area contributed by atoms with Gasteiger partial charge in [-0.3, -0.25) is 4.90 Å². The van der Waals surface area contributed by atoms with Crippen LogP contribution in [0.15, 0.2) is 0 Å². The molecule has 100 valence electrons. The third-order valence-electron chi connectivity index (χ3n) is 3.69. The fourth-order valence-electron chi connectivity index (χ4n) is 2.64. The van der Waals surface area contributed by atoms with Crippen LogP contribution in [0.4, 0.5) is 0 Å². The Bertz CT molecular complexity index is 331. The summed E-state index contributed by atoms with van der Waals surface area (Å²) in [6.07, 6.45) is 5.16. The molecule has 2 fully saturated rings. The maximum absolute atomic E-state index is 11.4. The lowest BCUT2D eigenvalue weighted by atomic mass is 10.0. The fraction of sp³-hybridized carbons (Fsp3) is 1.00. The number of piperazine rings is 1. The highest BCUT2D eigenvalue weighted by atomic mass is 32.2. The lowest BCUT2D eigenvalue weighted by Crippen LogP contribution is -2.52. The first-order valence-electron chi connectivity index (χ1n) is 6.46. The summed E-state index contributed by atoms with van der Waals surface area (Å²) in [6.45, 7) is 5.22. The number of sulfonamides is 1. The maximum Gasteiger partial charge on any atom is 0.211 e. The standard InChI is InChI=1S/C11H23N3O2S/c1-17(15,16)14-8-6-13(7-9-14)10-11-4-2-3-5-12-11/h11-12H,2-10H2,1H3. The molecule has 0 aliphatic carbocycles. The van der Waals surface area contributed by atoms with Crippen molar-refractivity contribution < 1.29 is 8.42 Å². The van der Waals surface area contributed by atoms with Gasteiger partial charge in [0.05, 0.1) is 6.26 Å². The Hall–Kier alpha value is -0.170. The molecule has 0 spiro atoms. The zero-order valence-electron chi connectivity index (χ0n) is 10.6. The molecule has 2 rings (SSSR count). The molecule has 17 heavy (non-hydrogen) atoms. The van der Waals surface area contributed by atoms with E-state index in [0.717, 1.165) is 26.2 Å². The molecule has 1 unspecified atom stereocenters. The minimum atomic E-state index is -2.99. The van der Waals surface area contributed by atoms with Gasteiger partial charge in [-0.25, -0.2) is 8.42 Å². The van der Waals surface area contributed by atoms with Crippen LogP contribution in [-0.2, 0) is 10.0 Å². The molecule has 6 heteroatoms. The van der Waals surface area contributed by atoms with E-state index in [0.29, 0.717) is 19.1 Å². The van der Waals surface area contributed by atoms with E-state index in [9.17, 15) is 8.42 Å². The Morgan fingerprint density at radius 2 is 1.88 bits per heavy atom. The highest BCUT2D eigenvalue weighted by Crippen LogP contribution is 2.11. The van der Waals surface area contributed by atoms with Crippen LogP contribution in [0.3, 0.4) is 0 Å². The summed E-state index contributed by atoms with van der Waals surface area (Å²) in [5.41, 5.74) is 0. The molecule has 0 amide bonds. The van der Waals surface area contributed by atoms with E-state index in [1.807, 2.05) is 0 Å². The van der Waals surface area contributed by atoms with Crippen molar-refractivity contribution in [1.29, 1.82) is 0 Å². The van der Waals surface area contributed by atoms with Crippen LogP contribution in [0.1, 0.15) is 19.3 Å². The quantitative estimate of drug-likeness (QED) is 0.758. The normalized spacial score (nSPS) is 29.4. The Kier molecular flexibility index (Phi) is 4.41. The maximum atomic E-state index is 11.4. The Morgan fingerprint density at radius 3 is 2.41 bits per heavy atom. The van der Waals surface area contributed by atoms with Crippen molar-refractivity contribution in [2.24, 2.45) is 0 Å². The first-order valence-corrected chi connectivity index (χ1v) is 8.31. The Balaban J connectivity index is 1.75. The average molecular weight is 261 g/mol. The number of rotatable bonds is 3. The molecule has 2 aliphatic rings. The van der Waals surface area contributed by atoms with Gasteiger partial charge in [-0.2, -0.15) is 4.31 Å². The highest BCUT2D eigenvalue weighted by Gasteiger charge is 2.25. The van der Waals surface area contributed by atoms with Crippen LogP contribution < -0.4 is 5.32 Å². The molecule has 0 bridgehead atoms. The smallest absolute Gasteiger partial charge is 0.211 e. The largest absolute Gasteiger partial charge is 0.313 e. The monoisotopic (exact) mass is 261 g/mol. The SMILES string of the molecule is CS(=O)(=O)N1CCN(CC2CCCCN2)CC1. The van der Waals surface area contributed by atoms with E-state index in [1.54, 1.807) is 4.31 Å². The zero-order chi connectivity index (χ0) is 12.3. The molecule has 0 saturated carbocycles. The van der Waals surface area contributed by atoms with Crippen molar-refractivity contribution in [3.05, 3.63) is 0 Å². The fourth-order valence-corrected chi connectivity index (χ4v) is 3.46. The molecule has 0 aromatic rings. The molecular formula is C11H23N3O2S. The summed E-state index contributed by atoms with van der Waals surface area (Å²) in [5.74, 6) is 0. The number of nitrogens with one attached hydrogen (secondary N) is 1. The third-order valence-corrected chi connectivity index (χ3v) is 4.99. The first-order chi connectivity index (χ1) is 8.05. The summed E-state index contributed by atoms with van der Waals surface area (Å²) >= 11 is 0. The van der Waals surface area contributed by atoms with Gasteiger partial charge in [0, 0.05) is 38.8 Å². The molecule has 0 aromatic heterocycles. The van der Waals surface area contributed by atoms with Crippen molar-refractivity contribution in [3.63, 3.8) is 0 Å². The Morgan fingerprint density at radius 1 is 1.18 bits per heavy atom. The lowest BCUT2D eigenvalue weighted by Gasteiger charge is -2.36. The van der Waals surface area contributed by atoms with E-state index < -0.39 is 10.0 Å². The van der Waals surface area contributed by atoms with Crippen molar-refractivity contribution in [1.82, 2.24) is 14.5 Å². The molecule has 2 heterocycles. The van der Waals surface area contributed by atoms with Crippen molar-refractivity contribution in [2.75, 3.05) is 45.5 Å². The molecule has 1 N–H and O–H groups in total. The third kappa shape index (κ3) is 3.91. The number of hydrogen-bond donors (Lipinski definition) is 1. The van der Waals surface area contributed by atoms with Gasteiger partial charge in [0.2, 0.25) is 10.0 Å². The molecular weight excluding hydrogens is 238 g/mol. The van der Waals surface area contributed by atoms with Crippen molar-refractivity contribution >= 4 is 10.0 Å². The van der Waals surface area contributed by atoms with E-state index >= 15 is 0 Å². The second kappa shape index (κ2) is 5.65. The topological polar surface area (TPSA) is 52.7 Å². The van der Waals surface area contributed by atoms with Crippen LogP contribution >= 0.6 is 0 Å². The molecule has 0 aromatic carbocycles. The van der Waals surface area contributed by atoms with E-state index in [2.05, 4.69) is 10.2 Å². The average Bonchev–Trinajstić information content (AvgIpc) is 2.30. The summed E-state index contributed by atoms with van der Waals surface area (Å²) in [5, 5.41) is 3.53. The number of nitrogens with zero attached hydrogens (tertiary/aromatic N) is 2. The van der Waals surface area contributed by atoms with Crippen molar-refractivity contribution in [3.8, 4) is 0 Å². The summed E-state index contributed by atoms with van der Waals surface area (Å²) in [7, 11) is -2.99. The van der Waals surface area contributed by atoms with Gasteiger partial charge < -0.3 is 5.32 Å². The molecule has 2 saturated heterocycles. The Labute approximate surface area is 104 Å². The summed E-state index contributed by atoms with van der Waals surface area (Å²) < 4.78 is 24.3. The molecule has 0 radical (unpaired) electrons. The first kappa shape index (κ1) is 13.3. The van der Waals surface area contributed by atoms with Crippen LogP contribution in [0.25, 0.3) is 0 Å². The van der Waals surface area contributed by atoms with Gasteiger partial charge in [0.25, 0.3) is 0 Å². The molecule has 1 atom stereocenters. The molecule has 5 nitrogen and oxygen atoms in total. The van der Waals surface area contributed by atoms with Crippen LogP contribution in [0.5, 0.6) is 0 Å². The summed E-state index contributed by atoms with van der Waals surface area (Å²) in [6, 6.07) is 0.605. The van der Waals surface area contributed by atoms with Gasteiger partial charge in [0.15, 0.2) is 0 Å². The predicted octanol–water partition coefficient (Wildman–Crippen LogP) is -0.294.